The molecular formula is C19H21ClN4O2. The zero-order valence-corrected chi connectivity index (χ0v) is 15.6. The average molecular weight is 373 g/mol. The number of hydrazine groups is 1. The molecule has 6 nitrogen and oxygen atoms in total. The molecule has 0 radical (unpaired) electrons. The number of carbonyl (C=O) groups excluding carboxylic acids is 1. The molecule has 2 fully saturated rings. The van der Waals surface area contributed by atoms with Gasteiger partial charge in [0.1, 0.15) is 0 Å². The van der Waals surface area contributed by atoms with Crippen LogP contribution in [-0.2, 0) is 11.8 Å². The number of fused-ring (bicyclic) bond motifs is 1. The number of nitrogens with zero attached hydrogens (tertiary/aromatic N) is 2. The molecule has 0 bridgehead atoms. The lowest BCUT2D eigenvalue weighted by atomic mass is 9.92. The fraction of sp³-hybridized carbons (Fsp3) is 0.368. The zero-order valence-electron chi connectivity index (χ0n) is 14.9. The molecule has 7 heteroatoms. The van der Waals surface area contributed by atoms with E-state index >= 15 is 0 Å². The van der Waals surface area contributed by atoms with Gasteiger partial charge in [-0.1, -0.05) is 23.7 Å². The summed E-state index contributed by atoms with van der Waals surface area (Å²) < 4.78 is 1.53. The number of hydrogen-bond donors (Lipinski definition) is 2. The Morgan fingerprint density at radius 2 is 1.81 bits per heavy atom. The van der Waals surface area contributed by atoms with Gasteiger partial charge in [0.25, 0.3) is 5.56 Å². The van der Waals surface area contributed by atoms with Gasteiger partial charge >= 0.3 is 0 Å². The molecule has 0 aliphatic carbocycles. The number of carbonyl (C=O) groups is 1. The Kier molecular flexibility index (Phi) is 4.14. The van der Waals surface area contributed by atoms with Crippen LogP contribution in [0, 0.1) is 12.8 Å². The summed E-state index contributed by atoms with van der Waals surface area (Å²) in [6.45, 7) is 3.77. The van der Waals surface area contributed by atoms with Gasteiger partial charge in [-0.3, -0.25) is 20.4 Å². The van der Waals surface area contributed by atoms with Crippen LogP contribution < -0.4 is 21.3 Å². The van der Waals surface area contributed by atoms with E-state index in [0.29, 0.717) is 10.6 Å². The van der Waals surface area contributed by atoms with Crippen molar-refractivity contribution < 1.29 is 4.79 Å². The number of hydrogen-bond acceptors (Lipinski definition) is 4. The van der Waals surface area contributed by atoms with E-state index in [-0.39, 0.29) is 35.5 Å². The van der Waals surface area contributed by atoms with Gasteiger partial charge in [-0.2, -0.15) is 0 Å². The van der Waals surface area contributed by atoms with Crippen molar-refractivity contribution in [3.63, 3.8) is 0 Å². The van der Waals surface area contributed by atoms with Gasteiger partial charge < -0.3 is 9.47 Å². The summed E-state index contributed by atoms with van der Waals surface area (Å²) in [6.07, 6.45) is 1.73. The monoisotopic (exact) mass is 372 g/mol. The normalized spacial score (nSPS) is 27.8. The lowest BCUT2D eigenvalue weighted by Crippen LogP contribution is -2.41. The molecule has 136 valence electrons. The summed E-state index contributed by atoms with van der Waals surface area (Å²) in [5.41, 5.74) is 8.77. The first-order valence-corrected chi connectivity index (χ1v) is 9.03. The third-order valence-electron chi connectivity index (χ3n) is 5.38. The second kappa shape index (κ2) is 6.23. The zero-order chi connectivity index (χ0) is 18.6. The van der Waals surface area contributed by atoms with E-state index < -0.39 is 0 Å². The van der Waals surface area contributed by atoms with Crippen LogP contribution in [0.5, 0.6) is 0 Å². The van der Waals surface area contributed by atoms with Crippen LogP contribution in [0.4, 0.5) is 5.69 Å². The van der Waals surface area contributed by atoms with Crippen LogP contribution in [0.25, 0.3) is 0 Å². The first-order chi connectivity index (χ1) is 12.4. The lowest BCUT2D eigenvalue weighted by molar-refractivity contribution is -0.120. The molecule has 1 aromatic heterocycles. The van der Waals surface area contributed by atoms with Crippen molar-refractivity contribution in [2.45, 2.75) is 32.0 Å². The van der Waals surface area contributed by atoms with E-state index in [4.69, 9.17) is 11.6 Å². The Labute approximate surface area is 156 Å². The molecule has 1 aromatic carbocycles. The molecule has 4 unspecified atom stereocenters. The van der Waals surface area contributed by atoms with Crippen molar-refractivity contribution in [2.24, 2.45) is 13.0 Å². The minimum atomic E-state index is -0.181. The van der Waals surface area contributed by atoms with Crippen molar-refractivity contribution in [3.8, 4) is 0 Å². The van der Waals surface area contributed by atoms with Crippen molar-refractivity contribution >= 4 is 23.2 Å². The summed E-state index contributed by atoms with van der Waals surface area (Å²) in [7, 11) is 1.71. The number of aromatic nitrogens is 1. The fourth-order valence-electron chi connectivity index (χ4n) is 4.11. The lowest BCUT2D eigenvalue weighted by Gasteiger charge is -2.29. The van der Waals surface area contributed by atoms with Crippen LogP contribution in [0.1, 0.15) is 24.1 Å². The topological polar surface area (TPSA) is 66.4 Å². The van der Waals surface area contributed by atoms with Crippen molar-refractivity contribution in [3.05, 3.63) is 63.0 Å². The highest BCUT2D eigenvalue weighted by molar-refractivity contribution is 6.30. The Morgan fingerprint density at radius 3 is 2.46 bits per heavy atom. The van der Waals surface area contributed by atoms with Crippen molar-refractivity contribution in [2.75, 3.05) is 4.90 Å². The van der Waals surface area contributed by atoms with Crippen LogP contribution in [0.3, 0.4) is 0 Å². The first-order valence-electron chi connectivity index (χ1n) is 8.65. The van der Waals surface area contributed by atoms with Crippen LogP contribution in [0.2, 0.25) is 5.02 Å². The van der Waals surface area contributed by atoms with Gasteiger partial charge in [-0.15, -0.1) is 0 Å². The molecule has 4 rings (SSSR count). The maximum atomic E-state index is 13.3. The summed E-state index contributed by atoms with van der Waals surface area (Å²) in [6, 6.07) is 9.17. The maximum Gasteiger partial charge on any atom is 0.253 e. The number of pyridine rings is 1. The van der Waals surface area contributed by atoms with Gasteiger partial charge in [0.15, 0.2) is 0 Å². The second-order valence-electron chi connectivity index (χ2n) is 7.13. The third-order valence-corrected chi connectivity index (χ3v) is 5.63. The first kappa shape index (κ1) is 17.3. The molecule has 2 saturated heterocycles. The quantitative estimate of drug-likeness (QED) is 0.845. The predicted molar refractivity (Wildman–Crippen MR) is 101 cm³/mol. The van der Waals surface area contributed by atoms with Crippen molar-refractivity contribution in [1.82, 2.24) is 15.4 Å². The van der Waals surface area contributed by atoms with Gasteiger partial charge in [-0.25, -0.2) is 0 Å². The number of amides is 1. The van der Waals surface area contributed by atoms with Crippen LogP contribution >= 0.6 is 11.6 Å². The Morgan fingerprint density at radius 1 is 1.12 bits per heavy atom. The molecule has 0 spiro atoms. The number of benzene rings is 1. The number of aryl methyl sites for hydroxylation is 2. The highest BCUT2D eigenvalue weighted by Crippen LogP contribution is 2.43. The second-order valence-corrected chi connectivity index (χ2v) is 7.57. The molecule has 1 amide bonds. The molecule has 4 atom stereocenters. The van der Waals surface area contributed by atoms with Crippen LogP contribution in [-0.4, -0.2) is 22.6 Å². The number of nitrogens with one attached hydrogen (secondary N) is 2. The smallest absolute Gasteiger partial charge is 0.253 e. The SMILES string of the molecule is Cc1cc(N2C(=O)C3C(C)NNC3C2c2ccc(Cl)cc2)cn(C)c1=O. The van der Waals surface area contributed by atoms with E-state index in [1.165, 1.54) is 4.57 Å². The molecule has 2 aromatic rings. The molecule has 2 aliphatic rings. The molecular weight excluding hydrogens is 352 g/mol. The van der Waals surface area contributed by atoms with E-state index in [2.05, 4.69) is 10.9 Å². The molecule has 26 heavy (non-hydrogen) atoms. The van der Waals surface area contributed by atoms with E-state index in [1.807, 2.05) is 36.1 Å². The Bertz CT molecular complexity index is 898. The highest BCUT2D eigenvalue weighted by Gasteiger charge is 2.54. The van der Waals surface area contributed by atoms with Gasteiger partial charge in [0.2, 0.25) is 5.91 Å². The van der Waals surface area contributed by atoms with Crippen molar-refractivity contribution in [1.29, 1.82) is 0 Å². The minimum absolute atomic E-state index is 0.0286. The molecule has 2 aliphatic heterocycles. The summed E-state index contributed by atoms with van der Waals surface area (Å²) in [5, 5.41) is 0.657. The number of rotatable bonds is 2. The summed E-state index contributed by atoms with van der Waals surface area (Å²) in [5.74, 6) is -0.119. The number of anilines is 1. The van der Waals surface area contributed by atoms with E-state index in [9.17, 15) is 9.59 Å². The highest BCUT2D eigenvalue weighted by atomic mass is 35.5. The Balaban J connectivity index is 1.86. The Hall–Kier alpha value is -2.15. The summed E-state index contributed by atoms with van der Waals surface area (Å²) in [4.78, 5) is 27.2. The molecule has 0 saturated carbocycles. The van der Waals surface area contributed by atoms with E-state index in [0.717, 1.165) is 11.3 Å². The predicted octanol–water partition coefficient (Wildman–Crippen LogP) is 1.92. The third kappa shape index (κ3) is 2.57. The largest absolute Gasteiger partial charge is 0.316 e. The maximum absolute atomic E-state index is 13.3. The molecule has 2 N–H and O–H groups in total. The van der Waals surface area contributed by atoms with Gasteiger partial charge in [0.05, 0.1) is 23.7 Å². The average Bonchev–Trinajstić information content (AvgIpc) is 3.12. The van der Waals surface area contributed by atoms with Gasteiger partial charge in [-0.05, 0) is 37.6 Å². The van der Waals surface area contributed by atoms with Crippen LogP contribution in [0.15, 0.2) is 41.3 Å². The fourth-order valence-corrected chi connectivity index (χ4v) is 4.24. The van der Waals surface area contributed by atoms with E-state index in [1.54, 1.807) is 26.2 Å². The summed E-state index contributed by atoms with van der Waals surface area (Å²) >= 11 is 6.05. The molecule has 3 heterocycles. The minimum Gasteiger partial charge on any atom is -0.316 e. The van der Waals surface area contributed by atoms with Gasteiger partial charge in [0, 0.05) is 29.9 Å². The standard InChI is InChI=1S/C19H21ClN4O2/c1-10-8-14(9-23(3)18(10)25)24-17(12-4-6-13(20)7-5-12)16-15(19(24)26)11(2)21-22-16/h4-9,11,15-17,21-22H,1-3H3. The number of halogens is 1.